The first-order valence-corrected chi connectivity index (χ1v) is 8.82. The van der Waals surface area contributed by atoms with E-state index in [1.807, 2.05) is 32.3 Å². The van der Waals surface area contributed by atoms with Crippen molar-refractivity contribution >= 4 is 5.91 Å². The van der Waals surface area contributed by atoms with Crippen LogP contribution in [0.15, 0.2) is 40.9 Å². The average Bonchev–Trinajstić information content (AvgIpc) is 3.02. The summed E-state index contributed by atoms with van der Waals surface area (Å²) in [5.41, 5.74) is 1.62. The van der Waals surface area contributed by atoms with Crippen molar-refractivity contribution < 1.29 is 9.32 Å². The predicted octanol–water partition coefficient (Wildman–Crippen LogP) is 3.81. The minimum absolute atomic E-state index is 0.0890. The minimum Gasteiger partial charge on any atom is -0.359 e. The molecule has 0 saturated heterocycles. The highest BCUT2D eigenvalue weighted by Gasteiger charge is 2.22. The molecule has 0 bridgehead atoms. The summed E-state index contributed by atoms with van der Waals surface area (Å²) >= 11 is 0. The van der Waals surface area contributed by atoms with Gasteiger partial charge >= 0.3 is 0 Å². The van der Waals surface area contributed by atoms with Gasteiger partial charge in [-0.3, -0.25) is 9.69 Å². The Kier molecular flexibility index (Phi) is 6.76. The van der Waals surface area contributed by atoms with Crippen molar-refractivity contribution in [1.82, 2.24) is 15.0 Å². The van der Waals surface area contributed by atoms with Gasteiger partial charge in [0.15, 0.2) is 11.5 Å². The standard InChI is InChI=1S/C20H29N3O2/c1-15(2)11-16(3)23(5)20(24)19-12-18(25-21-19)14-22(4)13-17-9-7-6-8-10-17/h6-10,12,15-16H,11,13-14H2,1-5H3/t16-/m0/s1. The molecule has 0 aliphatic rings. The first-order valence-electron chi connectivity index (χ1n) is 8.82. The van der Waals surface area contributed by atoms with Gasteiger partial charge in [0.1, 0.15) is 0 Å². The molecule has 0 radical (unpaired) electrons. The highest BCUT2D eigenvalue weighted by molar-refractivity contribution is 5.92. The molecule has 1 amide bonds. The van der Waals surface area contributed by atoms with Crippen LogP contribution in [0, 0.1) is 5.92 Å². The molecular formula is C20H29N3O2. The Morgan fingerprint density at radius 2 is 1.80 bits per heavy atom. The number of aromatic nitrogens is 1. The number of nitrogens with zero attached hydrogens (tertiary/aromatic N) is 3. The number of amides is 1. The summed E-state index contributed by atoms with van der Waals surface area (Å²) in [4.78, 5) is 16.4. The van der Waals surface area contributed by atoms with E-state index in [1.165, 1.54) is 5.56 Å². The molecule has 1 atom stereocenters. The Hall–Kier alpha value is -2.14. The molecule has 0 fully saturated rings. The van der Waals surface area contributed by atoms with Crippen molar-refractivity contribution in [3.63, 3.8) is 0 Å². The molecule has 1 heterocycles. The second kappa shape index (κ2) is 8.81. The van der Waals surface area contributed by atoms with Crippen LogP contribution in [0.5, 0.6) is 0 Å². The third kappa shape index (κ3) is 5.71. The average molecular weight is 343 g/mol. The van der Waals surface area contributed by atoms with Gasteiger partial charge in [0, 0.05) is 25.7 Å². The summed E-state index contributed by atoms with van der Waals surface area (Å²) < 4.78 is 5.37. The van der Waals surface area contributed by atoms with Crippen molar-refractivity contribution in [1.29, 1.82) is 0 Å². The van der Waals surface area contributed by atoms with Crippen molar-refractivity contribution in [2.24, 2.45) is 5.92 Å². The van der Waals surface area contributed by atoms with Crippen molar-refractivity contribution in [2.45, 2.75) is 46.3 Å². The maximum atomic E-state index is 12.5. The third-order valence-corrected chi connectivity index (χ3v) is 4.29. The Morgan fingerprint density at radius 3 is 2.44 bits per heavy atom. The second-order valence-electron chi connectivity index (χ2n) is 7.23. The summed E-state index contributed by atoms with van der Waals surface area (Å²) in [7, 11) is 3.85. The van der Waals surface area contributed by atoms with E-state index in [0.717, 1.165) is 13.0 Å². The molecule has 0 spiro atoms. The first kappa shape index (κ1) is 19.2. The number of carbonyl (C=O) groups is 1. The number of hydrogen-bond donors (Lipinski definition) is 0. The molecular weight excluding hydrogens is 314 g/mol. The van der Waals surface area contributed by atoms with Gasteiger partial charge in [0.25, 0.3) is 5.91 Å². The molecule has 0 aliphatic carbocycles. The summed E-state index contributed by atoms with van der Waals surface area (Å²) in [6.07, 6.45) is 0.965. The lowest BCUT2D eigenvalue weighted by atomic mass is 10.0. The molecule has 25 heavy (non-hydrogen) atoms. The molecule has 2 aromatic rings. The molecule has 0 aliphatic heterocycles. The monoisotopic (exact) mass is 343 g/mol. The molecule has 1 aromatic heterocycles. The van der Waals surface area contributed by atoms with Crippen LogP contribution in [0.25, 0.3) is 0 Å². The zero-order valence-corrected chi connectivity index (χ0v) is 15.9. The van der Waals surface area contributed by atoms with Crippen LogP contribution in [0.3, 0.4) is 0 Å². The number of carbonyl (C=O) groups excluding carboxylic acids is 1. The first-order chi connectivity index (χ1) is 11.9. The fourth-order valence-electron chi connectivity index (χ4n) is 2.93. The van der Waals surface area contributed by atoms with E-state index >= 15 is 0 Å². The van der Waals surface area contributed by atoms with Crippen LogP contribution in [-0.4, -0.2) is 41.0 Å². The van der Waals surface area contributed by atoms with Gasteiger partial charge in [-0.15, -0.1) is 0 Å². The SMILES string of the molecule is CC(C)C[C@H](C)N(C)C(=O)c1cc(CN(C)Cc2ccccc2)on1. The fraction of sp³-hybridized carbons (Fsp3) is 0.500. The lowest BCUT2D eigenvalue weighted by Gasteiger charge is -2.25. The lowest BCUT2D eigenvalue weighted by molar-refractivity contribution is 0.0717. The predicted molar refractivity (Wildman–Crippen MR) is 99.1 cm³/mol. The second-order valence-corrected chi connectivity index (χ2v) is 7.23. The topological polar surface area (TPSA) is 49.6 Å². The van der Waals surface area contributed by atoms with Gasteiger partial charge in [-0.25, -0.2) is 0 Å². The summed E-state index contributed by atoms with van der Waals surface area (Å²) in [5.74, 6) is 1.16. The van der Waals surface area contributed by atoms with E-state index in [9.17, 15) is 4.79 Å². The van der Waals surface area contributed by atoms with Crippen molar-refractivity contribution in [3.05, 3.63) is 53.4 Å². The van der Waals surface area contributed by atoms with E-state index in [0.29, 0.717) is 23.9 Å². The maximum Gasteiger partial charge on any atom is 0.276 e. The smallest absolute Gasteiger partial charge is 0.276 e. The van der Waals surface area contributed by atoms with Gasteiger partial charge in [0.2, 0.25) is 0 Å². The highest BCUT2D eigenvalue weighted by Crippen LogP contribution is 2.15. The number of hydrogen-bond acceptors (Lipinski definition) is 4. The maximum absolute atomic E-state index is 12.5. The molecule has 1 aromatic carbocycles. The molecule has 5 heteroatoms. The lowest BCUT2D eigenvalue weighted by Crippen LogP contribution is -2.36. The molecule has 136 valence electrons. The van der Waals surface area contributed by atoms with E-state index in [1.54, 1.807) is 11.0 Å². The van der Waals surface area contributed by atoms with E-state index in [-0.39, 0.29) is 11.9 Å². The number of rotatable bonds is 8. The molecule has 5 nitrogen and oxygen atoms in total. The molecule has 0 unspecified atom stereocenters. The van der Waals surface area contributed by atoms with Gasteiger partial charge in [0.05, 0.1) is 6.54 Å². The highest BCUT2D eigenvalue weighted by atomic mass is 16.5. The number of benzene rings is 1. The quantitative estimate of drug-likeness (QED) is 0.731. The van der Waals surface area contributed by atoms with Crippen LogP contribution >= 0.6 is 0 Å². The summed E-state index contributed by atoms with van der Waals surface area (Å²) in [6, 6.07) is 12.2. The van der Waals surface area contributed by atoms with Crippen molar-refractivity contribution in [3.8, 4) is 0 Å². The van der Waals surface area contributed by atoms with Gasteiger partial charge < -0.3 is 9.42 Å². The van der Waals surface area contributed by atoms with Crippen LogP contribution in [-0.2, 0) is 13.1 Å². The third-order valence-electron chi connectivity index (χ3n) is 4.29. The Labute approximate surface area is 150 Å². The molecule has 0 saturated carbocycles. The molecule has 0 N–H and O–H groups in total. The van der Waals surface area contributed by atoms with Crippen LogP contribution in [0.1, 0.15) is 49.0 Å². The normalized spacial score (nSPS) is 12.6. The largest absolute Gasteiger partial charge is 0.359 e. The summed E-state index contributed by atoms with van der Waals surface area (Å²) in [6.45, 7) is 7.81. The minimum atomic E-state index is -0.0890. The summed E-state index contributed by atoms with van der Waals surface area (Å²) in [5, 5.41) is 3.97. The van der Waals surface area contributed by atoms with Crippen molar-refractivity contribution in [2.75, 3.05) is 14.1 Å². The van der Waals surface area contributed by atoms with Gasteiger partial charge in [-0.05, 0) is 31.9 Å². The zero-order chi connectivity index (χ0) is 18.4. The van der Waals surface area contributed by atoms with Crippen LogP contribution < -0.4 is 0 Å². The van der Waals surface area contributed by atoms with E-state index in [4.69, 9.17) is 4.52 Å². The fourth-order valence-corrected chi connectivity index (χ4v) is 2.93. The Morgan fingerprint density at radius 1 is 1.12 bits per heavy atom. The molecule has 2 rings (SSSR count). The van der Waals surface area contributed by atoms with Crippen LogP contribution in [0.2, 0.25) is 0 Å². The zero-order valence-electron chi connectivity index (χ0n) is 15.9. The Balaban J connectivity index is 1.93. The van der Waals surface area contributed by atoms with Gasteiger partial charge in [-0.1, -0.05) is 49.3 Å². The van der Waals surface area contributed by atoms with Crippen LogP contribution in [0.4, 0.5) is 0 Å². The Bertz CT molecular complexity index is 667. The van der Waals surface area contributed by atoms with Gasteiger partial charge in [-0.2, -0.15) is 0 Å². The van der Waals surface area contributed by atoms with E-state index < -0.39 is 0 Å². The van der Waals surface area contributed by atoms with E-state index in [2.05, 4.69) is 43.0 Å².